The average molecular weight is 357 g/mol. The fraction of sp³-hybridized carbons (Fsp3) is 0.632. The van der Waals surface area contributed by atoms with Gasteiger partial charge in [-0.2, -0.15) is 0 Å². The summed E-state index contributed by atoms with van der Waals surface area (Å²) in [5.74, 6) is 1.39. The topological polar surface area (TPSA) is 71.8 Å². The van der Waals surface area contributed by atoms with Crippen LogP contribution in [0.15, 0.2) is 24.4 Å². The second kappa shape index (κ2) is 7.72. The Hall–Kier alpha value is -1.99. The predicted molar refractivity (Wildman–Crippen MR) is 98.0 cm³/mol. The highest BCUT2D eigenvalue weighted by Crippen LogP contribution is 2.27. The number of carbonyl (C=O) groups excluding carboxylic acids is 1. The number of carbonyl (C=O) groups is 1. The molecule has 0 saturated carbocycles. The Morgan fingerprint density at radius 3 is 3.12 bits per heavy atom. The molecule has 140 valence electrons. The van der Waals surface area contributed by atoms with Gasteiger partial charge < -0.3 is 10.1 Å². The van der Waals surface area contributed by atoms with Crippen molar-refractivity contribution >= 4 is 11.6 Å². The van der Waals surface area contributed by atoms with Crippen LogP contribution in [-0.2, 0) is 9.53 Å². The SMILES string of the molecule is CC(C(=O)NCC1CCCO1)N1CCCC(c2nnc3ccccn23)C1. The first-order valence-electron chi connectivity index (χ1n) is 9.65. The first-order valence-corrected chi connectivity index (χ1v) is 9.65. The summed E-state index contributed by atoms with van der Waals surface area (Å²) in [6.07, 6.45) is 6.48. The Labute approximate surface area is 153 Å². The summed E-state index contributed by atoms with van der Waals surface area (Å²) in [4.78, 5) is 14.8. The van der Waals surface area contributed by atoms with Crippen molar-refractivity contribution in [2.45, 2.75) is 50.7 Å². The van der Waals surface area contributed by atoms with Crippen LogP contribution in [0.1, 0.15) is 44.3 Å². The monoisotopic (exact) mass is 357 g/mol. The number of amides is 1. The minimum atomic E-state index is -0.140. The number of fused-ring (bicyclic) bond motifs is 1. The molecule has 2 aliphatic rings. The second-order valence-electron chi connectivity index (χ2n) is 7.38. The molecule has 2 aliphatic heterocycles. The molecular weight excluding hydrogens is 330 g/mol. The number of ether oxygens (including phenoxy) is 1. The van der Waals surface area contributed by atoms with Gasteiger partial charge in [-0.1, -0.05) is 6.07 Å². The molecule has 1 N–H and O–H groups in total. The van der Waals surface area contributed by atoms with Crippen LogP contribution < -0.4 is 5.32 Å². The van der Waals surface area contributed by atoms with E-state index in [4.69, 9.17) is 4.74 Å². The van der Waals surface area contributed by atoms with Crippen LogP contribution in [0.3, 0.4) is 0 Å². The van der Waals surface area contributed by atoms with Crippen molar-refractivity contribution in [1.29, 1.82) is 0 Å². The second-order valence-corrected chi connectivity index (χ2v) is 7.38. The highest BCUT2D eigenvalue weighted by atomic mass is 16.5. The van der Waals surface area contributed by atoms with Gasteiger partial charge in [0.05, 0.1) is 12.1 Å². The van der Waals surface area contributed by atoms with Gasteiger partial charge in [0.1, 0.15) is 5.82 Å². The molecule has 0 radical (unpaired) electrons. The Kier molecular flexibility index (Phi) is 5.17. The van der Waals surface area contributed by atoms with Gasteiger partial charge in [-0.05, 0) is 51.3 Å². The first kappa shape index (κ1) is 17.4. The van der Waals surface area contributed by atoms with Gasteiger partial charge in [-0.3, -0.25) is 14.1 Å². The van der Waals surface area contributed by atoms with E-state index in [9.17, 15) is 4.79 Å². The van der Waals surface area contributed by atoms with Crippen molar-refractivity contribution in [2.24, 2.45) is 0 Å². The fourth-order valence-electron chi connectivity index (χ4n) is 4.04. The van der Waals surface area contributed by atoms with E-state index in [0.717, 1.165) is 56.9 Å². The van der Waals surface area contributed by atoms with E-state index in [2.05, 4.69) is 24.8 Å². The van der Waals surface area contributed by atoms with Crippen molar-refractivity contribution in [1.82, 2.24) is 24.8 Å². The summed E-state index contributed by atoms with van der Waals surface area (Å²) in [5.41, 5.74) is 0.877. The van der Waals surface area contributed by atoms with Gasteiger partial charge >= 0.3 is 0 Å². The number of rotatable bonds is 5. The largest absolute Gasteiger partial charge is 0.376 e. The molecule has 26 heavy (non-hydrogen) atoms. The summed E-state index contributed by atoms with van der Waals surface area (Å²) in [6, 6.07) is 5.81. The smallest absolute Gasteiger partial charge is 0.237 e. The molecule has 7 nitrogen and oxygen atoms in total. The maximum atomic E-state index is 12.6. The number of hydrogen-bond acceptors (Lipinski definition) is 5. The Morgan fingerprint density at radius 2 is 2.27 bits per heavy atom. The predicted octanol–water partition coefficient (Wildman–Crippen LogP) is 1.59. The van der Waals surface area contributed by atoms with Crippen LogP contribution in [0.4, 0.5) is 0 Å². The van der Waals surface area contributed by atoms with Gasteiger partial charge in [0.2, 0.25) is 5.91 Å². The molecule has 2 aromatic rings. The summed E-state index contributed by atoms with van der Waals surface area (Å²) < 4.78 is 7.65. The zero-order chi connectivity index (χ0) is 17.9. The summed E-state index contributed by atoms with van der Waals surface area (Å²) in [6.45, 7) is 5.21. The lowest BCUT2D eigenvalue weighted by molar-refractivity contribution is -0.126. The number of nitrogens with zero attached hydrogens (tertiary/aromatic N) is 4. The van der Waals surface area contributed by atoms with E-state index in [1.807, 2.05) is 31.3 Å². The molecule has 4 heterocycles. The van der Waals surface area contributed by atoms with E-state index in [1.54, 1.807) is 0 Å². The van der Waals surface area contributed by atoms with Crippen molar-refractivity contribution in [3.8, 4) is 0 Å². The molecule has 7 heteroatoms. The third kappa shape index (κ3) is 3.59. The number of likely N-dealkylation sites (tertiary alicyclic amines) is 1. The first-order chi connectivity index (χ1) is 12.7. The van der Waals surface area contributed by atoms with Gasteiger partial charge in [-0.15, -0.1) is 10.2 Å². The van der Waals surface area contributed by atoms with Crippen LogP contribution in [-0.4, -0.2) is 63.8 Å². The van der Waals surface area contributed by atoms with Crippen molar-refractivity contribution in [3.05, 3.63) is 30.2 Å². The molecule has 2 saturated heterocycles. The fourth-order valence-corrected chi connectivity index (χ4v) is 4.04. The number of nitrogens with one attached hydrogen (secondary N) is 1. The van der Waals surface area contributed by atoms with Crippen LogP contribution in [0, 0.1) is 0 Å². The lowest BCUT2D eigenvalue weighted by Gasteiger charge is -2.35. The van der Waals surface area contributed by atoms with Gasteiger partial charge in [0, 0.05) is 31.8 Å². The Bertz CT molecular complexity index is 755. The summed E-state index contributed by atoms with van der Waals surface area (Å²) in [7, 11) is 0. The number of pyridine rings is 1. The minimum absolute atomic E-state index is 0.0900. The molecule has 1 amide bonds. The maximum absolute atomic E-state index is 12.6. The van der Waals surface area contributed by atoms with Gasteiger partial charge in [-0.25, -0.2) is 0 Å². The van der Waals surface area contributed by atoms with E-state index in [1.165, 1.54) is 0 Å². The van der Waals surface area contributed by atoms with Gasteiger partial charge in [0.25, 0.3) is 0 Å². The standard InChI is InChI=1S/C19H27N5O2/c1-14(19(25)20-12-16-7-5-11-26-16)23-9-4-6-15(13-23)18-22-21-17-8-2-3-10-24(17)18/h2-3,8,10,14-16H,4-7,9,11-13H2,1H3,(H,20,25). The van der Waals surface area contributed by atoms with E-state index < -0.39 is 0 Å². The zero-order valence-corrected chi connectivity index (χ0v) is 15.3. The Balaban J connectivity index is 1.38. The average Bonchev–Trinajstić information content (AvgIpc) is 3.35. The lowest BCUT2D eigenvalue weighted by atomic mass is 9.96. The zero-order valence-electron chi connectivity index (χ0n) is 15.3. The van der Waals surface area contributed by atoms with Crippen LogP contribution >= 0.6 is 0 Å². The van der Waals surface area contributed by atoms with E-state index >= 15 is 0 Å². The number of hydrogen-bond donors (Lipinski definition) is 1. The summed E-state index contributed by atoms with van der Waals surface area (Å²) >= 11 is 0. The number of piperidine rings is 1. The molecule has 0 aromatic carbocycles. The minimum Gasteiger partial charge on any atom is -0.376 e. The maximum Gasteiger partial charge on any atom is 0.237 e. The van der Waals surface area contributed by atoms with Crippen molar-refractivity contribution in [2.75, 3.05) is 26.2 Å². The molecular formula is C19H27N5O2. The van der Waals surface area contributed by atoms with Crippen LogP contribution in [0.5, 0.6) is 0 Å². The van der Waals surface area contributed by atoms with Crippen LogP contribution in [0.25, 0.3) is 5.65 Å². The van der Waals surface area contributed by atoms with E-state index in [0.29, 0.717) is 12.5 Å². The molecule has 4 rings (SSSR count). The molecule has 0 bridgehead atoms. The molecule has 3 unspecified atom stereocenters. The third-order valence-electron chi connectivity index (χ3n) is 5.61. The quantitative estimate of drug-likeness (QED) is 0.880. The van der Waals surface area contributed by atoms with Gasteiger partial charge in [0.15, 0.2) is 5.65 Å². The summed E-state index contributed by atoms with van der Waals surface area (Å²) in [5, 5.41) is 11.8. The normalized spacial score (nSPS) is 25.4. The number of aromatic nitrogens is 3. The highest BCUT2D eigenvalue weighted by Gasteiger charge is 2.30. The Morgan fingerprint density at radius 1 is 1.35 bits per heavy atom. The van der Waals surface area contributed by atoms with Crippen molar-refractivity contribution < 1.29 is 9.53 Å². The lowest BCUT2D eigenvalue weighted by Crippen LogP contribution is -2.49. The molecule has 0 spiro atoms. The molecule has 2 aromatic heterocycles. The highest BCUT2D eigenvalue weighted by molar-refractivity contribution is 5.81. The molecule has 3 atom stereocenters. The van der Waals surface area contributed by atoms with Crippen LogP contribution in [0.2, 0.25) is 0 Å². The van der Waals surface area contributed by atoms with Crippen molar-refractivity contribution in [3.63, 3.8) is 0 Å². The third-order valence-corrected chi connectivity index (χ3v) is 5.61. The molecule has 2 fully saturated rings. The molecule has 0 aliphatic carbocycles. The van der Waals surface area contributed by atoms with E-state index in [-0.39, 0.29) is 18.1 Å².